The molecule has 1 saturated heterocycles. The Balaban J connectivity index is 2.35. The first kappa shape index (κ1) is 15.6. The molecule has 0 aromatic rings. The molecule has 1 heterocycles. The lowest BCUT2D eigenvalue weighted by atomic mass is 10.2. The fraction of sp³-hybridized carbons (Fsp3) is 1.00. The maximum absolute atomic E-state index is 3.62. The lowest BCUT2D eigenvalue weighted by molar-refractivity contribution is 0.177. The van der Waals surface area contributed by atoms with E-state index in [9.17, 15) is 0 Å². The molecule has 17 heavy (non-hydrogen) atoms. The Labute approximate surface area is 114 Å². The van der Waals surface area contributed by atoms with Gasteiger partial charge < -0.3 is 4.90 Å². The van der Waals surface area contributed by atoms with Crippen molar-refractivity contribution >= 4 is 21.6 Å². The summed E-state index contributed by atoms with van der Waals surface area (Å²) in [6.07, 6.45) is 1.21. The van der Waals surface area contributed by atoms with Crippen LogP contribution in [0.1, 0.15) is 13.3 Å². The number of nitrogens with one attached hydrogen (secondary N) is 1. The molecule has 1 N–H and O–H groups in total. The third kappa shape index (κ3) is 4.96. The molecule has 102 valence electrons. The Bertz CT molecular complexity index is 226. The minimum absolute atomic E-state index is 0.421. The third-order valence-electron chi connectivity index (χ3n) is 3.05. The molecule has 1 aliphatic rings. The zero-order chi connectivity index (χ0) is 13.0. The van der Waals surface area contributed by atoms with E-state index in [0.717, 1.165) is 6.54 Å². The summed E-state index contributed by atoms with van der Waals surface area (Å²) >= 11 is 0. The Kier molecular flexibility index (Phi) is 6.61. The molecule has 0 aliphatic carbocycles. The van der Waals surface area contributed by atoms with Crippen molar-refractivity contribution in [3.63, 3.8) is 0 Å². The third-order valence-corrected chi connectivity index (χ3v) is 5.98. The lowest BCUT2D eigenvalue weighted by Gasteiger charge is -2.31. The van der Waals surface area contributed by atoms with E-state index in [0.29, 0.717) is 17.0 Å². The molecular formula is C11H26N4S2. The maximum atomic E-state index is 3.62. The van der Waals surface area contributed by atoms with Gasteiger partial charge in [0.15, 0.2) is 0 Å². The largest absolute Gasteiger partial charge is 0.309 e. The summed E-state index contributed by atoms with van der Waals surface area (Å²) in [5, 5.41) is 3.62. The highest BCUT2D eigenvalue weighted by atomic mass is 33.1. The van der Waals surface area contributed by atoms with E-state index in [1.54, 1.807) is 0 Å². The highest BCUT2D eigenvalue weighted by molar-refractivity contribution is 8.77. The van der Waals surface area contributed by atoms with Gasteiger partial charge in [-0.15, -0.1) is 0 Å². The molecule has 0 saturated carbocycles. The van der Waals surface area contributed by atoms with E-state index in [1.165, 1.54) is 6.42 Å². The molecule has 0 aromatic heterocycles. The predicted molar refractivity (Wildman–Crippen MR) is 80.0 cm³/mol. The zero-order valence-corrected chi connectivity index (χ0v) is 13.4. The Morgan fingerprint density at radius 1 is 1.06 bits per heavy atom. The lowest BCUT2D eigenvalue weighted by Crippen LogP contribution is -2.48. The van der Waals surface area contributed by atoms with E-state index >= 15 is 0 Å². The van der Waals surface area contributed by atoms with Gasteiger partial charge in [-0.3, -0.25) is 15.1 Å². The van der Waals surface area contributed by atoms with E-state index in [2.05, 4.69) is 62.2 Å². The van der Waals surface area contributed by atoms with Gasteiger partial charge in [-0.2, -0.15) is 0 Å². The van der Waals surface area contributed by atoms with Gasteiger partial charge in [0.2, 0.25) is 0 Å². The van der Waals surface area contributed by atoms with E-state index in [-0.39, 0.29) is 0 Å². The summed E-state index contributed by atoms with van der Waals surface area (Å²) in [6, 6.07) is 0.601. The first-order valence-electron chi connectivity index (χ1n) is 6.03. The first-order chi connectivity index (χ1) is 7.91. The van der Waals surface area contributed by atoms with Crippen LogP contribution >= 0.6 is 21.6 Å². The quantitative estimate of drug-likeness (QED) is 0.736. The summed E-state index contributed by atoms with van der Waals surface area (Å²) in [6.45, 7) is 3.45. The molecule has 1 aliphatic heterocycles. The molecule has 0 aromatic carbocycles. The zero-order valence-electron chi connectivity index (χ0n) is 11.8. The summed E-state index contributed by atoms with van der Waals surface area (Å²) < 4.78 is 0. The molecule has 0 amide bonds. The van der Waals surface area contributed by atoms with Crippen LogP contribution in [0.15, 0.2) is 0 Å². The monoisotopic (exact) mass is 278 g/mol. The molecule has 6 heteroatoms. The normalized spacial score (nSPS) is 27.4. The second kappa shape index (κ2) is 7.21. The van der Waals surface area contributed by atoms with Crippen LogP contribution in [0.4, 0.5) is 0 Å². The standard InChI is InChI=1S/C11H26N4S2/c1-9(7-8-13(2)3)15(6)11-12-10(14(4)5)16-17-11/h9-12H,7-8H2,1-6H3. The number of hydrogen-bond acceptors (Lipinski definition) is 6. The summed E-state index contributed by atoms with van der Waals surface area (Å²) in [7, 11) is 14.5. The SMILES string of the molecule is CC(CCN(C)C)N(C)C1NC(N(C)C)SS1. The molecule has 3 unspecified atom stereocenters. The minimum Gasteiger partial charge on any atom is -0.309 e. The van der Waals surface area contributed by atoms with Crippen LogP contribution in [0.5, 0.6) is 0 Å². The van der Waals surface area contributed by atoms with E-state index in [4.69, 9.17) is 0 Å². The molecule has 3 atom stereocenters. The molecule has 0 bridgehead atoms. The van der Waals surface area contributed by atoms with Crippen molar-refractivity contribution in [3.05, 3.63) is 0 Å². The van der Waals surface area contributed by atoms with Crippen LogP contribution in [-0.2, 0) is 0 Å². The van der Waals surface area contributed by atoms with E-state index in [1.807, 2.05) is 21.6 Å². The van der Waals surface area contributed by atoms with Gasteiger partial charge in [-0.1, -0.05) is 21.6 Å². The van der Waals surface area contributed by atoms with Crippen molar-refractivity contribution < 1.29 is 0 Å². The Hall–Kier alpha value is 0.540. The van der Waals surface area contributed by atoms with Crippen LogP contribution in [0, 0.1) is 0 Å². The van der Waals surface area contributed by atoms with Crippen molar-refractivity contribution in [2.24, 2.45) is 0 Å². The molecule has 1 fully saturated rings. The Morgan fingerprint density at radius 3 is 2.12 bits per heavy atom. The number of rotatable bonds is 6. The van der Waals surface area contributed by atoms with Gasteiger partial charge in [0.1, 0.15) is 11.0 Å². The second-order valence-corrected chi connectivity index (χ2v) is 7.57. The van der Waals surface area contributed by atoms with Gasteiger partial charge >= 0.3 is 0 Å². The molecule has 0 radical (unpaired) electrons. The van der Waals surface area contributed by atoms with Crippen molar-refractivity contribution in [1.82, 2.24) is 20.0 Å². The maximum Gasteiger partial charge on any atom is 0.120 e. The summed E-state index contributed by atoms with van der Waals surface area (Å²) in [5.41, 5.74) is 0.845. The average Bonchev–Trinajstić information content (AvgIpc) is 2.73. The average molecular weight is 278 g/mol. The van der Waals surface area contributed by atoms with E-state index < -0.39 is 0 Å². The fourth-order valence-electron chi connectivity index (χ4n) is 1.58. The highest BCUT2D eigenvalue weighted by Crippen LogP contribution is 2.38. The first-order valence-corrected chi connectivity index (χ1v) is 8.30. The van der Waals surface area contributed by atoms with Crippen molar-refractivity contribution in [3.8, 4) is 0 Å². The smallest absolute Gasteiger partial charge is 0.120 e. The number of hydrogen-bond donors (Lipinski definition) is 1. The van der Waals surface area contributed by atoms with Crippen LogP contribution in [-0.4, -0.2) is 73.5 Å². The molecular weight excluding hydrogens is 252 g/mol. The molecule has 4 nitrogen and oxygen atoms in total. The minimum atomic E-state index is 0.421. The van der Waals surface area contributed by atoms with Crippen LogP contribution < -0.4 is 5.32 Å². The van der Waals surface area contributed by atoms with Gasteiger partial charge in [0.25, 0.3) is 0 Å². The molecule has 1 rings (SSSR count). The fourth-order valence-corrected chi connectivity index (χ4v) is 4.65. The molecule has 0 spiro atoms. The Morgan fingerprint density at radius 2 is 1.65 bits per heavy atom. The highest BCUT2D eigenvalue weighted by Gasteiger charge is 2.31. The van der Waals surface area contributed by atoms with Crippen molar-refractivity contribution in [2.75, 3.05) is 41.8 Å². The van der Waals surface area contributed by atoms with Gasteiger partial charge in [-0.05, 0) is 55.1 Å². The van der Waals surface area contributed by atoms with Crippen molar-refractivity contribution in [2.45, 2.75) is 30.4 Å². The van der Waals surface area contributed by atoms with Gasteiger partial charge in [0, 0.05) is 6.04 Å². The predicted octanol–water partition coefficient (Wildman–Crippen LogP) is 1.37. The second-order valence-electron chi connectivity index (χ2n) is 5.13. The van der Waals surface area contributed by atoms with Gasteiger partial charge in [0.05, 0.1) is 0 Å². The summed E-state index contributed by atoms with van der Waals surface area (Å²) in [4.78, 5) is 6.90. The number of nitrogens with zero attached hydrogens (tertiary/aromatic N) is 3. The van der Waals surface area contributed by atoms with Crippen molar-refractivity contribution in [1.29, 1.82) is 0 Å². The summed E-state index contributed by atoms with van der Waals surface area (Å²) in [5.74, 6) is 0. The van der Waals surface area contributed by atoms with Crippen LogP contribution in [0.2, 0.25) is 0 Å². The topological polar surface area (TPSA) is 21.8 Å². The van der Waals surface area contributed by atoms with Crippen LogP contribution in [0.25, 0.3) is 0 Å². The van der Waals surface area contributed by atoms with Gasteiger partial charge in [-0.25, -0.2) is 0 Å². The van der Waals surface area contributed by atoms with Crippen LogP contribution in [0.3, 0.4) is 0 Å².